The summed E-state index contributed by atoms with van der Waals surface area (Å²) in [4.78, 5) is 10.9. The summed E-state index contributed by atoms with van der Waals surface area (Å²) in [5.74, 6) is 0.759. The molecule has 2 heterocycles. The maximum atomic E-state index is 5.76. The molecule has 2 atom stereocenters. The third-order valence-corrected chi connectivity index (χ3v) is 3.02. The number of hydrogen-bond acceptors (Lipinski definition) is 5. The average Bonchev–Trinajstić information content (AvgIpc) is 2.72. The van der Waals surface area contributed by atoms with Gasteiger partial charge in [0.2, 0.25) is 5.95 Å². The first-order valence-electron chi connectivity index (χ1n) is 5.53. The van der Waals surface area contributed by atoms with Gasteiger partial charge in [-0.25, -0.2) is 9.97 Å². The van der Waals surface area contributed by atoms with Gasteiger partial charge in [0.05, 0.1) is 6.10 Å². The SMILES string of the molecule is CO[C@H]1C[C@@H](CN)N(c2nccc(C)n2)C1. The van der Waals surface area contributed by atoms with E-state index in [2.05, 4.69) is 14.9 Å². The normalized spacial score (nSPS) is 25.1. The fraction of sp³-hybridized carbons (Fsp3) is 0.636. The van der Waals surface area contributed by atoms with E-state index in [4.69, 9.17) is 10.5 Å². The topological polar surface area (TPSA) is 64.3 Å². The standard InChI is InChI=1S/C11H18N4O/c1-8-3-4-13-11(14-8)15-7-10(16-2)5-9(15)6-12/h3-4,9-10H,5-7,12H2,1-2H3/t9-,10-/m0/s1. The average molecular weight is 222 g/mol. The van der Waals surface area contributed by atoms with Crippen molar-refractivity contribution in [2.75, 3.05) is 25.1 Å². The van der Waals surface area contributed by atoms with Crippen LogP contribution >= 0.6 is 0 Å². The van der Waals surface area contributed by atoms with E-state index in [1.165, 1.54) is 0 Å². The molecule has 16 heavy (non-hydrogen) atoms. The van der Waals surface area contributed by atoms with Crippen LogP contribution in [0.15, 0.2) is 12.3 Å². The number of methoxy groups -OCH3 is 1. The van der Waals surface area contributed by atoms with E-state index in [0.29, 0.717) is 6.54 Å². The van der Waals surface area contributed by atoms with E-state index >= 15 is 0 Å². The van der Waals surface area contributed by atoms with Crippen LogP contribution in [0.4, 0.5) is 5.95 Å². The number of hydrogen-bond donors (Lipinski definition) is 1. The molecular formula is C11H18N4O. The number of nitrogens with two attached hydrogens (primary N) is 1. The summed E-state index contributed by atoms with van der Waals surface area (Å²) in [6.07, 6.45) is 2.97. The Morgan fingerprint density at radius 1 is 1.62 bits per heavy atom. The van der Waals surface area contributed by atoms with Crippen LogP contribution in [-0.2, 0) is 4.74 Å². The highest BCUT2D eigenvalue weighted by atomic mass is 16.5. The second-order valence-electron chi connectivity index (χ2n) is 4.13. The molecule has 0 aromatic carbocycles. The van der Waals surface area contributed by atoms with Crippen molar-refractivity contribution in [3.05, 3.63) is 18.0 Å². The fourth-order valence-electron chi connectivity index (χ4n) is 2.09. The number of aryl methyl sites for hydroxylation is 1. The molecule has 1 aromatic heterocycles. The summed E-state index contributed by atoms with van der Waals surface area (Å²) in [6, 6.07) is 2.18. The molecule has 1 aliphatic rings. The van der Waals surface area contributed by atoms with Gasteiger partial charge >= 0.3 is 0 Å². The van der Waals surface area contributed by atoms with Gasteiger partial charge in [0, 0.05) is 38.1 Å². The van der Waals surface area contributed by atoms with Gasteiger partial charge in [-0.2, -0.15) is 0 Å². The quantitative estimate of drug-likeness (QED) is 0.799. The Morgan fingerprint density at radius 2 is 2.44 bits per heavy atom. The second kappa shape index (κ2) is 4.76. The summed E-state index contributed by atoms with van der Waals surface area (Å²) < 4.78 is 5.37. The van der Waals surface area contributed by atoms with Crippen LogP contribution < -0.4 is 10.6 Å². The van der Waals surface area contributed by atoms with E-state index in [0.717, 1.165) is 24.6 Å². The molecule has 1 fully saturated rings. The molecule has 5 nitrogen and oxygen atoms in total. The van der Waals surface area contributed by atoms with Crippen LogP contribution in [0.25, 0.3) is 0 Å². The molecule has 2 rings (SSSR count). The monoisotopic (exact) mass is 222 g/mol. The first-order valence-corrected chi connectivity index (χ1v) is 5.53. The number of aromatic nitrogens is 2. The van der Waals surface area contributed by atoms with Crippen molar-refractivity contribution in [1.82, 2.24) is 9.97 Å². The number of ether oxygens (including phenoxy) is 1. The summed E-state index contributed by atoms with van der Waals surface area (Å²) in [6.45, 7) is 3.39. The zero-order chi connectivity index (χ0) is 11.5. The lowest BCUT2D eigenvalue weighted by atomic mass is 10.2. The van der Waals surface area contributed by atoms with Gasteiger partial charge in [0.15, 0.2) is 0 Å². The molecule has 1 aliphatic heterocycles. The van der Waals surface area contributed by atoms with Gasteiger partial charge in [-0.05, 0) is 19.4 Å². The highest BCUT2D eigenvalue weighted by Gasteiger charge is 2.32. The Morgan fingerprint density at radius 3 is 3.06 bits per heavy atom. The third kappa shape index (κ3) is 2.15. The molecular weight excluding hydrogens is 204 g/mol. The van der Waals surface area contributed by atoms with Gasteiger partial charge < -0.3 is 15.4 Å². The minimum atomic E-state index is 0.234. The second-order valence-corrected chi connectivity index (χ2v) is 4.13. The van der Waals surface area contributed by atoms with Crippen LogP contribution in [0.3, 0.4) is 0 Å². The van der Waals surface area contributed by atoms with E-state index in [1.54, 1.807) is 13.3 Å². The number of rotatable bonds is 3. The van der Waals surface area contributed by atoms with E-state index in [1.807, 2.05) is 13.0 Å². The van der Waals surface area contributed by atoms with Crippen LogP contribution in [0.1, 0.15) is 12.1 Å². The minimum absolute atomic E-state index is 0.234. The molecule has 0 bridgehead atoms. The molecule has 88 valence electrons. The first-order chi connectivity index (χ1) is 7.74. The molecule has 1 aromatic rings. The van der Waals surface area contributed by atoms with Gasteiger partial charge in [-0.15, -0.1) is 0 Å². The molecule has 5 heteroatoms. The predicted molar refractivity (Wildman–Crippen MR) is 62.4 cm³/mol. The summed E-state index contributed by atoms with van der Waals surface area (Å²) >= 11 is 0. The Bertz CT molecular complexity index is 358. The van der Waals surface area contributed by atoms with Crippen molar-refractivity contribution >= 4 is 5.95 Å². The van der Waals surface area contributed by atoms with Crippen molar-refractivity contribution in [3.63, 3.8) is 0 Å². The number of anilines is 1. The lowest BCUT2D eigenvalue weighted by Gasteiger charge is -2.22. The van der Waals surface area contributed by atoms with Crippen molar-refractivity contribution in [2.45, 2.75) is 25.5 Å². The van der Waals surface area contributed by atoms with Gasteiger partial charge in [-0.1, -0.05) is 0 Å². The Balaban J connectivity index is 2.19. The lowest BCUT2D eigenvalue weighted by molar-refractivity contribution is 0.118. The molecule has 0 aliphatic carbocycles. The molecule has 1 saturated heterocycles. The maximum absolute atomic E-state index is 5.76. The molecule has 0 saturated carbocycles. The van der Waals surface area contributed by atoms with E-state index in [-0.39, 0.29) is 12.1 Å². The summed E-state index contributed by atoms with van der Waals surface area (Å²) in [5.41, 5.74) is 6.74. The summed E-state index contributed by atoms with van der Waals surface area (Å²) in [5, 5.41) is 0. The minimum Gasteiger partial charge on any atom is -0.380 e. The molecule has 0 spiro atoms. The Hall–Kier alpha value is -1.20. The van der Waals surface area contributed by atoms with Crippen LogP contribution in [0.5, 0.6) is 0 Å². The van der Waals surface area contributed by atoms with Crippen molar-refractivity contribution in [3.8, 4) is 0 Å². The van der Waals surface area contributed by atoms with Gasteiger partial charge in [0.25, 0.3) is 0 Å². The molecule has 2 N–H and O–H groups in total. The molecule has 0 radical (unpaired) electrons. The Labute approximate surface area is 95.6 Å². The maximum Gasteiger partial charge on any atom is 0.225 e. The van der Waals surface area contributed by atoms with Crippen LogP contribution in [0.2, 0.25) is 0 Å². The highest BCUT2D eigenvalue weighted by molar-refractivity contribution is 5.35. The third-order valence-electron chi connectivity index (χ3n) is 3.02. The zero-order valence-electron chi connectivity index (χ0n) is 9.76. The van der Waals surface area contributed by atoms with E-state index in [9.17, 15) is 0 Å². The molecule has 0 amide bonds. The van der Waals surface area contributed by atoms with Crippen molar-refractivity contribution < 1.29 is 4.74 Å². The smallest absolute Gasteiger partial charge is 0.225 e. The predicted octanol–water partition coefficient (Wildman–Crippen LogP) is 0.337. The van der Waals surface area contributed by atoms with Gasteiger partial charge in [0.1, 0.15) is 0 Å². The van der Waals surface area contributed by atoms with Crippen LogP contribution in [-0.4, -0.2) is 42.3 Å². The van der Waals surface area contributed by atoms with Crippen molar-refractivity contribution in [1.29, 1.82) is 0 Å². The lowest BCUT2D eigenvalue weighted by Crippen LogP contribution is -2.36. The zero-order valence-corrected chi connectivity index (χ0v) is 9.76. The molecule has 0 unspecified atom stereocenters. The van der Waals surface area contributed by atoms with Crippen molar-refractivity contribution in [2.24, 2.45) is 5.73 Å². The summed E-state index contributed by atoms with van der Waals surface area (Å²) in [7, 11) is 1.73. The highest BCUT2D eigenvalue weighted by Crippen LogP contribution is 2.23. The number of nitrogens with zero attached hydrogens (tertiary/aromatic N) is 3. The largest absolute Gasteiger partial charge is 0.380 e. The first kappa shape index (κ1) is 11.3. The van der Waals surface area contributed by atoms with Crippen LogP contribution in [0, 0.1) is 6.92 Å². The van der Waals surface area contributed by atoms with E-state index < -0.39 is 0 Å². The van der Waals surface area contributed by atoms with Gasteiger partial charge in [-0.3, -0.25) is 0 Å². The fourth-order valence-corrected chi connectivity index (χ4v) is 2.09. The Kier molecular flexibility index (Phi) is 3.36.